The minimum atomic E-state index is -0.590. The Hall–Kier alpha value is -2.66. The van der Waals surface area contributed by atoms with E-state index in [-0.39, 0.29) is 5.69 Å². The van der Waals surface area contributed by atoms with Crippen molar-refractivity contribution < 1.29 is 9.53 Å². The molecule has 0 unspecified atom stereocenters. The van der Waals surface area contributed by atoms with E-state index < -0.39 is 5.97 Å². The Kier molecular flexibility index (Phi) is 4.16. The number of carbonyl (C=O) groups is 1. The van der Waals surface area contributed by atoms with Gasteiger partial charge in [-0.05, 0) is 17.7 Å². The van der Waals surface area contributed by atoms with Gasteiger partial charge in [0, 0.05) is 0 Å². The van der Waals surface area contributed by atoms with Crippen LogP contribution < -0.4 is 4.74 Å². The van der Waals surface area contributed by atoms with E-state index in [1.54, 1.807) is 35.1 Å². The minimum Gasteiger partial charge on any atom is -0.420 e. The smallest absolute Gasteiger partial charge is 0.365 e. The number of para-hydroxylation sites is 1. The first-order chi connectivity index (χ1) is 10.7. The van der Waals surface area contributed by atoms with Crippen molar-refractivity contribution in [1.82, 2.24) is 15.0 Å². The highest BCUT2D eigenvalue weighted by Crippen LogP contribution is 2.23. The molecule has 0 aliphatic carbocycles. The third-order valence-electron chi connectivity index (χ3n) is 2.97. The zero-order valence-electron chi connectivity index (χ0n) is 11.5. The molecule has 0 atom stereocenters. The maximum atomic E-state index is 12.0. The lowest BCUT2D eigenvalue weighted by molar-refractivity contribution is 0.0728. The number of nitrogens with zero attached hydrogens (tertiary/aromatic N) is 3. The highest BCUT2D eigenvalue weighted by Gasteiger charge is 2.15. The number of esters is 1. The van der Waals surface area contributed by atoms with E-state index in [9.17, 15) is 4.79 Å². The van der Waals surface area contributed by atoms with E-state index in [4.69, 9.17) is 16.3 Å². The number of halogens is 1. The fourth-order valence-electron chi connectivity index (χ4n) is 1.92. The van der Waals surface area contributed by atoms with Crippen LogP contribution in [0.2, 0.25) is 5.02 Å². The maximum absolute atomic E-state index is 12.0. The van der Waals surface area contributed by atoms with Gasteiger partial charge >= 0.3 is 5.97 Å². The van der Waals surface area contributed by atoms with Gasteiger partial charge in [0.2, 0.25) is 0 Å². The summed E-state index contributed by atoms with van der Waals surface area (Å²) in [6, 6.07) is 16.5. The largest absolute Gasteiger partial charge is 0.420 e. The number of ether oxygens (including phenoxy) is 1. The summed E-state index contributed by atoms with van der Waals surface area (Å²) in [7, 11) is 0. The second-order valence-electron chi connectivity index (χ2n) is 4.61. The summed E-state index contributed by atoms with van der Waals surface area (Å²) >= 11 is 5.95. The molecular formula is C16H12ClN3O2. The van der Waals surface area contributed by atoms with Crippen LogP contribution in [0.25, 0.3) is 0 Å². The van der Waals surface area contributed by atoms with E-state index in [0.717, 1.165) is 5.56 Å². The maximum Gasteiger partial charge on any atom is 0.365 e. The molecule has 5 nitrogen and oxygen atoms in total. The molecule has 110 valence electrons. The Balaban J connectivity index is 1.71. The lowest BCUT2D eigenvalue weighted by Crippen LogP contribution is -2.09. The van der Waals surface area contributed by atoms with Crippen molar-refractivity contribution in [3.8, 4) is 5.75 Å². The van der Waals surface area contributed by atoms with Crippen molar-refractivity contribution >= 4 is 17.6 Å². The van der Waals surface area contributed by atoms with E-state index in [1.165, 1.54) is 0 Å². The Morgan fingerprint density at radius 1 is 1.09 bits per heavy atom. The molecule has 6 heteroatoms. The molecule has 0 N–H and O–H groups in total. The molecule has 1 heterocycles. The second kappa shape index (κ2) is 6.41. The van der Waals surface area contributed by atoms with Gasteiger partial charge in [0.15, 0.2) is 5.69 Å². The third kappa shape index (κ3) is 3.32. The molecule has 2 aromatic carbocycles. The molecule has 3 aromatic rings. The Morgan fingerprint density at radius 2 is 1.82 bits per heavy atom. The first kappa shape index (κ1) is 14.3. The number of carbonyl (C=O) groups excluding carboxylic acids is 1. The fraction of sp³-hybridized carbons (Fsp3) is 0.0625. The van der Waals surface area contributed by atoms with Gasteiger partial charge in [0.25, 0.3) is 0 Å². The van der Waals surface area contributed by atoms with Gasteiger partial charge in [-0.1, -0.05) is 59.3 Å². The predicted molar refractivity (Wildman–Crippen MR) is 82.0 cm³/mol. The van der Waals surface area contributed by atoms with Crippen molar-refractivity contribution in [1.29, 1.82) is 0 Å². The van der Waals surface area contributed by atoms with E-state index in [1.807, 2.05) is 30.3 Å². The molecule has 3 rings (SSSR count). The summed E-state index contributed by atoms with van der Waals surface area (Å²) in [4.78, 5) is 12.0. The summed E-state index contributed by atoms with van der Waals surface area (Å²) in [6.07, 6.45) is 1.55. The quantitative estimate of drug-likeness (QED) is 0.548. The van der Waals surface area contributed by atoms with E-state index >= 15 is 0 Å². The van der Waals surface area contributed by atoms with Crippen molar-refractivity contribution in [2.24, 2.45) is 0 Å². The van der Waals surface area contributed by atoms with Crippen molar-refractivity contribution in [3.05, 3.63) is 77.1 Å². The third-order valence-corrected chi connectivity index (χ3v) is 3.29. The van der Waals surface area contributed by atoms with Gasteiger partial charge in [-0.3, -0.25) is 0 Å². The normalized spacial score (nSPS) is 10.4. The number of aromatic nitrogens is 3. The summed E-state index contributed by atoms with van der Waals surface area (Å²) in [5.41, 5.74) is 1.20. The van der Waals surface area contributed by atoms with E-state index in [2.05, 4.69) is 10.3 Å². The molecule has 0 spiro atoms. The highest BCUT2D eigenvalue weighted by atomic mass is 35.5. The van der Waals surface area contributed by atoms with Crippen LogP contribution in [0.5, 0.6) is 5.75 Å². The molecule has 0 amide bonds. The molecular weight excluding hydrogens is 302 g/mol. The fourth-order valence-corrected chi connectivity index (χ4v) is 2.09. The van der Waals surface area contributed by atoms with Crippen LogP contribution in [0, 0.1) is 0 Å². The molecule has 22 heavy (non-hydrogen) atoms. The van der Waals surface area contributed by atoms with Crippen molar-refractivity contribution in [3.63, 3.8) is 0 Å². The Morgan fingerprint density at radius 3 is 2.59 bits per heavy atom. The summed E-state index contributed by atoms with van der Waals surface area (Å²) in [5, 5.41) is 8.13. The van der Waals surface area contributed by atoms with Gasteiger partial charge in [-0.15, -0.1) is 5.10 Å². The summed E-state index contributed by atoms with van der Waals surface area (Å²) in [6.45, 7) is 0.535. The SMILES string of the molecule is O=C(Oc1ccccc1Cl)c1cn(Cc2ccccc2)nn1. The summed E-state index contributed by atoms with van der Waals surface area (Å²) < 4.78 is 6.79. The van der Waals surface area contributed by atoms with Crippen LogP contribution in [0.4, 0.5) is 0 Å². The Bertz CT molecular complexity index is 787. The average molecular weight is 314 g/mol. The van der Waals surface area contributed by atoms with Gasteiger partial charge in [0.05, 0.1) is 17.8 Å². The summed E-state index contributed by atoms with van der Waals surface area (Å²) in [5.74, 6) is -0.292. The average Bonchev–Trinajstić information content (AvgIpc) is 2.99. The number of hydrogen-bond donors (Lipinski definition) is 0. The Labute approximate surface area is 132 Å². The number of rotatable bonds is 4. The first-order valence-corrected chi connectivity index (χ1v) is 7.01. The molecule has 0 saturated carbocycles. The van der Waals surface area contributed by atoms with Gasteiger partial charge < -0.3 is 4.74 Å². The predicted octanol–water partition coefficient (Wildman–Crippen LogP) is 3.20. The zero-order valence-corrected chi connectivity index (χ0v) is 12.3. The van der Waals surface area contributed by atoms with Crippen LogP contribution in [0.15, 0.2) is 60.8 Å². The first-order valence-electron chi connectivity index (χ1n) is 6.63. The number of benzene rings is 2. The standard InChI is InChI=1S/C16H12ClN3O2/c17-13-8-4-5-9-15(13)22-16(21)14-11-20(19-18-14)10-12-6-2-1-3-7-12/h1-9,11H,10H2. The lowest BCUT2D eigenvalue weighted by atomic mass is 10.2. The lowest BCUT2D eigenvalue weighted by Gasteiger charge is -2.03. The molecule has 0 saturated heterocycles. The van der Waals surface area contributed by atoms with Crippen LogP contribution in [0.1, 0.15) is 16.1 Å². The van der Waals surface area contributed by atoms with Crippen LogP contribution in [-0.4, -0.2) is 21.0 Å². The molecule has 0 aliphatic heterocycles. The van der Waals surface area contributed by atoms with Crippen LogP contribution in [0.3, 0.4) is 0 Å². The van der Waals surface area contributed by atoms with Crippen LogP contribution >= 0.6 is 11.6 Å². The molecule has 0 radical (unpaired) electrons. The van der Waals surface area contributed by atoms with Crippen molar-refractivity contribution in [2.75, 3.05) is 0 Å². The monoisotopic (exact) mass is 313 g/mol. The topological polar surface area (TPSA) is 57.0 Å². The zero-order chi connectivity index (χ0) is 15.4. The minimum absolute atomic E-state index is 0.135. The van der Waals surface area contributed by atoms with Gasteiger partial charge in [-0.25, -0.2) is 9.48 Å². The van der Waals surface area contributed by atoms with Crippen LogP contribution in [-0.2, 0) is 6.54 Å². The number of hydrogen-bond acceptors (Lipinski definition) is 4. The molecule has 0 aliphatic rings. The van der Waals surface area contributed by atoms with Gasteiger partial charge in [-0.2, -0.15) is 0 Å². The molecule has 1 aromatic heterocycles. The molecule has 0 fully saturated rings. The highest BCUT2D eigenvalue weighted by molar-refractivity contribution is 6.32. The van der Waals surface area contributed by atoms with Crippen molar-refractivity contribution in [2.45, 2.75) is 6.54 Å². The van der Waals surface area contributed by atoms with Gasteiger partial charge in [0.1, 0.15) is 5.75 Å². The van der Waals surface area contributed by atoms with E-state index in [0.29, 0.717) is 17.3 Å². The second-order valence-corrected chi connectivity index (χ2v) is 5.01. The molecule has 0 bridgehead atoms.